The van der Waals surface area contributed by atoms with Gasteiger partial charge in [0.2, 0.25) is 0 Å². The molecule has 3 rings (SSSR count). The second kappa shape index (κ2) is 3.61. The van der Waals surface area contributed by atoms with Crippen LogP contribution in [0.25, 0.3) is 10.9 Å². The van der Waals surface area contributed by atoms with Gasteiger partial charge in [0, 0.05) is 16.3 Å². The van der Waals surface area contributed by atoms with Crippen LogP contribution >= 0.6 is 11.6 Å². The van der Waals surface area contributed by atoms with Gasteiger partial charge in [-0.2, -0.15) is 0 Å². The smallest absolute Gasteiger partial charge is 0.0710 e. The Kier molecular flexibility index (Phi) is 2.23. The highest BCUT2D eigenvalue weighted by atomic mass is 35.5. The molecule has 1 aromatic carbocycles. The molecule has 1 saturated carbocycles. The molecule has 1 aromatic heterocycles. The molecular weight excluding hydrogens is 222 g/mol. The lowest BCUT2D eigenvalue weighted by molar-refractivity contribution is 1.04. The molecule has 3 nitrogen and oxygen atoms in total. The van der Waals surface area contributed by atoms with E-state index in [-0.39, 0.29) is 0 Å². The van der Waals surface area contributed by atoms with Crippen molar-refractivity contribution in [2.24, 2.45) is 5.84 Å². The summed E-state index contributed by atoms with van der Waals surface area (Å²) in [6, 6.07) is 7.73. The summed E-state index contributed by atoms with van der Waals surface area (Å²) in [4.78, 5) is 4.65. The number of rotatable bonds is 2. The minimum absolute atomic E-state index is 0.575. The number of nitrogens with zero attached hydrogens (tertiary/aromatic N) is 1. The summed E-state index contributed by atoms with van der Waals surface area (Å²) in [5, 5.41) is 1.74. The summed E-state index contributed by atoms with van der Waals surface area (Å²) < 4.78 is 0. The van der Waals surface area contributed by atoms with Gasteiger partial charge >= 0.3 is 0 Å². The highest BCUT2D eigenvalue weighted by Gasteiger charge is 2.27. The van der Waals surface area contributed by atoms with Gasteiger partial charge in [-0.25, -0.2) is 0 Å². The van der Waals surface area contributed by atoms with Crippen LogP contribution in [0, 0.1) is 0 Å². The van der Waals surface area contributed by atoms with Crippen molar-refractivity contribution in [2.75, 3.05) is 5.43 Å². The highest BCUT2D eigenvalue weighted by molar-refractivity contribution is 6.31. The fourth-order valence-electron chi connectivity index (χ4n) is 1.95. The zero-order valence-electron chi connectivity index (χ0n) is 8.70. The Balaban J connectivity index is 2.23. The van der Waals surface area contributed by atoms with E-state index in [9.17, 15) is 0 Å². The number of nitrogens with two attached hydrogens (primary N) is 1. The van der Waals surface area contributed by atoms with Crippen LogP contribution < -0.4 is 11.3 Å². The molecule has 4 heteroatoms. The maximum absolute atomic E-state index is 5.95. The Hall–Kier alpha value is -1.32. The van der Waals surface area contributed by atoms with Gasteiger partial charge in [0.1, 0.15) is 0 Å². The third kappa shape index (κ3) is 1.62. The number of hydrazine groups is 1. The van der Waals surface area contributed by atoms with Crippen LogP contribution in [0.4, 0.5) is 5.69 Å². The van der Waals surface area contributed by atoms with E-state index in [1.807, 2.05) is 24.3 Å². The Labute approximate surface area is 98.6 Å². The zero-order valence-corrected chi connectivity index (χ0v) is 9.46. The van der Waals surface area contributed by atoms with E-state index in [2.05, 4.69) is 10.4 Å². The molecule has 0 radical (unpaired) electrons. The van der Waals surface area contributed by atoms with Crippen LogP contribution in [-0.2, 0) is 0 Å². The lowest BCUT2D eigenvalue weighted by atomic mass is 10.1. The van der Waals surface area contributed by atoms with Crippen molar-refractivity contribution in [3.8, 4) is 0 Å². The average molecular weight is 234 g/mol. The molecule has 1 aliphatic rings. The minimum atomic E-state index is 0.575. The normalized spacial score (nSPS) is 15.4. The molecule has 0 bridgehead atoms. The summed E-state index contributed by atoms with van der Waals surface area (Å²) in [5.74, 6) is 6.10. The molecule has 2 aromatic rings. The Bertz CT molecular complexity index is 549. The maximum atomic E-state index is 5.95. The number of hydrogen-bond donors (Lipinski definition) is 2. The maximum Gasteiger partial charge on any atom is 0.0710 e. The van der Waals surface area contributed by atoms with Gasteiger partial charge in [0.05, 0.1) is 16.9 Å². The van der Waals surface area contributed by atoms with Crippen LogP contribution in [0.3, 0.4) is 0 Å². The van der Waals surface area contributed by atoms with Gasteiger partial charge in [-0.15, -0.1) is 0 Å². The number of aromatic nitrogens is 1. The number of nitrogens with one attached hydrogen (secondary N) is 1. The highest BCUT2D eigenvalue weighted by Crippen LogP contribution is 2.43. The molecule has 16 heavy (non-hydrogen) atoms. The van der Waals surface area contributed by atoms with Gasteiger partial charge in [0.25, 0.3) is 0 Å². The molecule has 82 valence electrons. The number of benzene rings is 1. The molecule has 1 aliphatic carbocycles. The zero-order chi connectivity index (χ0) is 11.1. The lowest BCUT2D eigenvalue weighted by Gasteiger charge is -2.09. The summed E-state index contributed by atoms with van der Waals surface area (Å²) >= 11 is 5.95. The topological polar surface area (TPSA) is 50.9 Å². The van der Waals surface area contributed by atoms with Gasteiger partial charge in [-0.1, -0.05) is 11.6 Å². The average Bonchev–Trinajstić information content (AvgIpc) is 3.11. The number of fused-ring (bicyclic) bond motifs is 1. The van der Waals surface area contributed by atoms with Gasteiger partial charge in [-0.05, 0) is 37.1 Å². The largest absolute Gasteiger partial charge is 0.322 e. The number of pyridine rings is 1. The second-order valence-electron chi connectivity index (χ2n) is 4.18. The van der Waals surface area contributed by atoms with Crippen LogP contribution in [0.15, 0.2) is 24.3 Å². The van der Waals surface area contributed by atoms with E-state index in [1.165, 1.54) is 12.8 Å². The molecular formula is C12H12ClN3. The first kappa shape index (κ1) is 9.87. The first-order chi connectivity index (χ1) is 7.78. The van der Waals surface area contributed by atoms with Crippen molar-refractivity contribution in [1.82, 2.24) is 4.98 Å². The molecule has 1 fully saturated rings. The van der Waals surface area contributed by atoms with Gasteiger partial charge < -0.3 is 5.43 Å². The molecule has 0 amide bonds. The van der Waals surface area contributed by atoms with Crippen molar-refractivity contribution in [3.05, 3.63) is 35.0 Å². The quantitative estimate of drug-likeness (QED) is 0.619. The molecule has 0 atom stereocenters. The summed E-state index contributed by atoms with van der Waals surface area (Å²) in [6.45, 7) is 0. The van der Waals surface area contributed by atoms with Crippen molar-refractivity contribution in [3.63, 3.8) is 0 Å². The number of anilines is 1. The fourth-order valence-corrected chi connectivity index (χ4v) is 2.13. The predicted octanol–water partition coefficient (Wildman–Crippen LogP) is 3.05. The third-order valence-electron chi connectivity index (χ3n) is 2.93. The van der Waals surface area contributed by atoms with E-state index >= 15 is 0 Å². The molecule has 0 unspecified atom stereocenters. The van der Waals surface area contributed by atoms with Crippen LogP contribution in [0.5, 0.6) is 0 Å². The Morgan fingerprint density at radius 2 is 2.12 bits per heavy atom. The first-order valence-corrected chi connectivity index (χ1v) is 5.72. The van der Waals surface area contributed by atoms with Crippen LogP contribution in [-0.4, -0.2) is 4.98 Å². The molecule has 0 spiro atoms. The van der Waals surface area contributed by atoms with Gasteiger partial charge in [-0.3, -0.25) is 10.8 Å². The van der Waals surface area contributed by atoms with Crippen molar-refractivity contribution >= 4 is 28.2 Å². The summed E-state index contributed by atoms with van der Waals surface area (Å²) in [7, 11) is 0. The molecule has 3 N–H and O–H groups in total. The van der Waals surface area contributed by atoms with Gasteiger partial charge in [0.15, 0.2) is 0 Å². The predicted molar refractivity (Wildman–Crippen MR) is 66.5 cm³/mol. The van der Waals surface area contributed by atoms with Crippen molar-refractivity contribution < 1.29 is 0 Å². The van der Waals surface area contributed by atoms with E-state index in [0.717, 1.165) is 27.3 Å². The Morgan fingerprint density at radius 1 is 1.31 bits per heavy atom. The third-order valence-corrected chi connectivity index (χ3v) is 3.16. The molecule has 0 saturated heterocycles. The van der Waals surface area contributed by atoms with E-state index in [0.29, 0.717) is 5.92 Å². The number of hydrogen-bond acceptors (Lipinski definition) is 3. The summed E-state index contributed by atoms with van der Waals surface area (Å²) in [6.07, 6.45) is 2.42. The SMILES string of the molecule is NNc1cc2cc(Cl)ccc2nc1C1CC1. The van der Waals surface area contributed by atoms with E-state index in [4.69, 9.17) is 17.4 Å². The number of halogens is 1. The van der Waals surface area contributed by atoms with Crippen LogP contribution in [0.2, 0.25) is 5.02 Å². The van der Waals surface area contributed by atoms with Crippen LogP contribution in [0.1, 0.15) is 24.5 Å². The monoisotopic (exact) mass is 233 g/mol. The Morgan fingerprint density at radius 3 is 2.81 bits per heavy atom. The summed E-state index contributed by atoms with van der Waals surface area (Å²) in [5.41, 5.74) is 5.70. The van der Waals surface area contributed by atoms with E-state index < -0.39 is 0 Å². The lowest BCUT2D eigenvalue weighted by Crippen LogP contribution is -2.10. The molecule has 0 aliphatic heterocycles. The van der Waals surface area contributed by atoms with Crippen molar-refractivity contribution in [1.29, 1.82) is 0 Å². The standard InChI is InChI=1S/C12H12ClN3/c13-9-3-4-10-8(5-9)6-11(16-14)12(15-10)7-1-2-7/h3-7,16H,1-2,14H2. The minimum Gasteiger partial charge on any atom is -0.322 e. The van der Waals surface area contributed by atoms with E-state index in [1.54, 1.807) is 0 Å². The number of nitrogen functional groups attached to an aromatic ring is 1. The molecule has 1 heterocycles. The second-order valence-corrected chi connectivity index (χ2v) is 4.61. The first-order valence-electron chi connectivity index (χ1n) is 5.35. The fraction of sp³-hybridized carbons (Fsp3) is 0.250. The van der Waals surface area contributed by atoms with Crippen molar-refractivity contribution in [2.45, 2.75) is 18.8 Å².